The van der Waals surface area contributed by atoms with E-state index in [2.05, 4.69) is 31.0 Å². The smallest absolute Gasteiger partial charge is 0.319 e. The molecule has 0 spiro atoms. The number of methoxy groups -OCH3 is 1. The van der Waals surface area contributed by atoms with E-state index in [4.69, 9.17) is 4.74 Å². The number of carbonyl (C=O) groups is 2. The van der Waals surface area contributed by atoms with E-state index >= 15 is 0 Å². The fourth-order valence-corrected chi connectivity index (χ4v) is 4.77. The van der Waals surface area contributed by atoms with Crippen LogP contribution in [0.5, 0.6) is 5.75 Å². The maximum atomic E-state index is 13.0. The summed E-state index contributed by atoms with van der Waals surface area (Å²) in [5, 5.41) is 16.7. The molecular formula is C24H30N6O3. The number of amides is 3. The number of hydrogen-bond acceptors (Lipinski definition) is 5. The van der Waals surface area contributed by atoms with Crippen LogP contribution in [0, 0.1) is 5.92 Å². The molecule has 174 valence electrons. The summed E-state index contributed by atoms with van der Waals surface area (Å²) in [4.78, 5) is 27.8. The van der Waals surface area contributed by atoms with Gasteiger partial charge in [-0.25, -0.2) is 4.79 Å². The third-order valence-electron chi connectivity index (χ3n) is 6.60. The average molecular weight is 451 g/mol. The number of hydrogen-bond donors (Lipinski definition) is 4. The van der Waals surface area contributed by atoms with E-state index in [1.807, 2.05) is 30.3 Å². The molecule has 3 amide bonds. The second kappa shape index (κ2) is 9.11. The Morgan fingerprint density at radius 2 is 2.06 bits per heavy atom. The zero-order valence-electron chi connectivity index (χ0n) is 18.6. The van der Waals surface area contributed by atoms with Crippen molar-refractivity contribution in [1.82, 2.24) is 25.7 Å². The van der Waals surface area contributed by atoms with E-state index in [-0.39, 0.29) is 19.4 Å². The van der Waals surface area contributed by atoms with Crippen molar-refractivity contribution in [2.45, 2.75) is 25.4 Å². The van der Waals surface area contributed by atoms with Gasteiger partial charge in [-0.05, 0) is 67.7 Å². The zero-order valence-corrected chi connectivity index (χ0v) is 18.6. The van der Waals surface area contributed by atoms with Gasteiger partial charge in [0.05, 0.1) is 12.6 Å². The highest BCUT2D eigenvalue weighted by atomic mass is 16.5. The van der Waals surface area contributed by atoms with Crippen molar-refractivity contribution in [3.63, 3.8) is 0 Å². The lowest BCUT2D eigenvalue weighted by atomic mass is 9.84. The van der Waals surface area contributed by atoms with E-state index in [0.717, 1.165) is 49.3 Å². The normalized spacial score (nSPS) is 21.5. The van der Waals surface area contributed by atoms with Gasteiger partial charge in [0.2, 0.25) is 0 Å². The Bertz CT molecular complexity index is 1170. The Morgan fingerprint density at radius 1 is 1.21 bits per heavy atom. The van der Waals surface area contributed by atoms with E-state index in [0.29, 0.717) is 29.2 Å². The van der Waals surface area contributed by atoms with Gasteiger partial charge in [0.1, 0.15) is 5.75 Å². The third kappa shape index (κ3) is 4.63. The van der Waals surface area contributed by atoms with Crippen LogP contribution in [0.25, 0.3) is 10.9 Å². The van der Waals surface area contributed by atoms with Crippen LogP contribution < -0.4 is 20.7 Å². The van der Waals surface area contributed by atoms with Crippen molar-refractivity contribution in [3.05, 3.63) is 53.7 Å². The fraction of sp³-hybridized carbons (Fsp3) is 0.375. The summed E-state index contributed by atoms with van der Waals surface area (Å²) in [6.45, 7) is 3.51. The molecule has 4 heterocycles. The number of aromatic nitrogens is 2. The summed E-state index contributed by atoms with van der Waals surface area (Å²) >= 11 is 0. The van der Waals surface area contributed by atoms with Crippen molar-refractivity contribution in [3.8, 4) is 5.75 Å². The Morgan fingerprint density at radius 3 is 2.82 bits per heavy atom. The Balaban J connectivity index is 0.00000274. The van der Waals surface area contributed by atoms with E-state index < -0.39 is 0 Å². The number of urea groups is 1. The number of benzene rings is 2. The number of rotatable bonds is 6. The summed E-state index contributed by atoms with van der Waals surface area (Å²) in [6.07, 6.45) is 2.26. The predicted molar refractivity (Wildman–Crippen MR) is 127 cm³/mol. The molecule has 3 saturated heterocycles. The monoisotopic (exact) mass is 450 g/mol. The van der Waals surface area contributed by atoms with Crippen molar-refractivity contribution in [1.29, 1.82) is 0 Å². The van der Waals surface area contributed by atoms with Crippen LogP contribution in [0.3, 0.4) is 0 Å². The largest absolute Gasteiger partial charge is 0.497 e. The molecule has 2 bridgehead atoms. The van der Waals surface area contributed by atoms with Crippen LogP contribution >= 0.6 is 0 Å². The number of fused-ring (bicyclic) bond motifs is 4. The zero-order chi connectivity index (χ0) is 22.8. The van der Waals surface area contributed by atoms with Gasteiger partial charge in [0.25, 0.3) is 5.91 Å². The lowest BCUT2D eigenvalue weighted by Gasteiger charge is -2.44. The third-order valence-corrected chi connectivity index (χ3v) is 6.60. The van der Waals surface area contributed by atoms with E-state index in [1.165, 1.54) is 0 Å². The molecule has 0 unspecified atom stereocenters. The molecule has 4 N–H and O–H groups in total. The van der Waals surface area contributed by atoms with Crippen LogP contribution in [-0.2, 0) is 6.54 Å². The summed E-state index contributed by atoms with van der Waals surface area (Å²) < 4.78 is 5.21. The van der Waals surface area contributed by atoms with Crippen LogP contribution in [0.1, 0.15) is 30.3 Å². The second-order valence-corrected chi connectivity index (χ2v) is 8.71. The first kappa shape index (κ1) is 21.3. The Kier molecular flexibility index (Phi) is 5.87. The molecule has 0 saturated carbocycles. The van der Waals surface area contributed by atoms with Crippen molar-refractivity contribution in [2.75, 3.05) is 32.1 Å². The van der Waals surface area contributed by atoms with Gasteiger partial charge < -0.3 is 25.6 Å². The van der Waals surface area contributed by atoms with Crippen molar-refractivity contribution in [2.24, 2.45) is 5.92 Å². The number of ether oxygens (including phenoxy) is 1. The Labute approximate surface area is 193 Å². The van der Waals surface area contributed by atoms with Crippen molar-refractivity contribution >= 4 is 28.5 Å². The number of piperidine rings is 3. The van der Waals surface area contributed by atoms with Gasteiger partial charge in [-0.2, -0.15) is 5.10 Å². The number of carbonyl (C=O) groups excluding carboxylic acids is 2. The van der Waals surface area contributed by atoms with Gasteiger partial charge in [-0.15, -0.1) is 0 Å². The molecule has 3 aliphatic rings. The number of nitrogens with one attached hydrogen (secondary N) is 4. The number of aromatic amines is 1. The molecule has 1 atom stereocenters. The molecular weight excluding hydrogens is 420 g/mol. The molecule has 9 heteroatoms. The maximum Gasteiger partial charge on any atom is 0.319 e. The summed E-state index contributed by atoms with van der Waals surface area (Å²) in [5.41, 5.74) is 2.61. The van der Waals surface area contributed by atoms with Crippen molar-refractivity contribution < 1.29 is 15.8 Å². The first-order valence-electron chi connectivity index (χ1n) is 11.3. The van der Waals surface area contributed by atoms with Crippen LogP contribution in [0.2, 0.25) is 0 Å². The first-order valence-corrected chi connectivity index (χ1v) is 11.3. The molecule has 0 radical (unpaired) electrons. The quantitative estimate of drug-likeness (QED) is 0.461. The number of H-pyrrole nitrogens is 1. The van der Waals surface area contributed by atoms with Gasteiger partial charge in [0, 0.05) is 31.6 Å². The highest BCUT2D eigenvalue weighted by Crippen LogP contribution is 2.28. The average Bonchev–Trinajstić information content (AvgIpc) is 3.27. The van der Waals surface area contributed by atoms with Gasteiger partial charge in [-0.1, -0.05) is 12.1 Å². The minimum absolute atomic E-state index is 0. The van der Waals surface area contributed by atoms with E-state index in [1.54, 1.807) is 19.2 Å². The van der Waals surface area contributed by atoms with Crippen LogP contribution in [-0.4, -0.2) is 59.8 Å². The summed E-state index contributed by atoms with van der Waals surface area (Å²) in [6, 6.07) is 12.7. The van der Waals surface area contributed by atoms with Crippen LogP contribution in [0.4, 0.5) is 10.5 Å². The molecule has 0 aliphatic carbocycles. The standard InChI is InChI=1S/C24H28N6O3.H2/c1-33-18-4-2-3-15(11-18)13-25-24(32)26-17-5-6-20-19(12-17)22(29-28-20)23(31)27-21-14-30-9-7-16(21)8-10-30;/h2-6,11-12,16,21H,7-10,13-14H2,1H3,(H,27,31)(H,28,29)(H2,25,26,32);1H/t21-;/m0./s1. The topological polar surface area (TPSA) is 111 Å². The highest BCUT2D eigenvalue weighted by Gasteiger charge is 2.35. The van der Waals surface area contributed by atoms with Gasteiger partial charge >= 0.3 is 6.03 Å². The molecule has 9 nitrogen and oxygen atoms in total. The number of anilines is 1. The SMILES string of the molecule is COc1cccc(CNC(=O)Nc2ccc3[nH]nc(C(=O)N[C@H]4CN5CCC4CC5)c3c2)c1.[HH]. The van der Waals surface area contributed by atoms with Crippen LogP contribution in [0.15, 0.2) is 42.5 Å². The lowest BCUT2D eigenvalue weighted by molar-refractivity contribution is 0.0618. The molecule has 33 heavy (non-hydrogen) atoms. The minimum Gasteiger partial charge on any atom is -0.497 e. The van der Waals surface area contributed by atoms with E-state index in [9.17, 15) is 9.59 Å². The fourth-order valence-electron chi connectivity index (χ4n) is 4.77. The number of nitrogens with zero attached hydrogens (tertiary/aromatic N) is 2. The van der Waals surface area contributed by atoms with Gasteiger partial charge in [0.15, 0.2) is 5.69 Å². The highest BCUT2D eigenvalue weighted by molar-refractivity contribution is 6.06. The molecule has 3 aliphatic heterocycles. The summed E-state index contributed by atoms with van der Waals surface area (Å²) in [7, 11) is 1.61. The second-order valence-electron chi connectivity index (χ2n) is 8.71. The molecule has 1 aromatic heterocycles. The Hall–Kier alpha value is -3.59. The van der Waals surface area contributed by atoms with Gasteiger partial charge in [-0.3, -0.25) is 9.89 Å². The lowest BCUT2D eigenvalue weighted by Crippen LogP contribution is -2.57. The molecule has 3 fully saturated rings. The predicted octanol–water partition coefficient (Wildman–Crippen LogP) is 2.96. The molecule has 6 rings (SSSR count). The molecule has 3 aromatic rings. The molecule has 2 aromatic carbocycles. The maximum absolute atomic E-state index is 13.0. The first-order chi connectivity index (χ1) is 16.1. The summed E-state index contributed by atoms with van der Waals surface area (Å²) in [5.74, 6) is 1.10. The minimum atomic E-state index is -0.334.